The number of phenolic OH excluding ortho intramolecular Hbond substituents is 21. The molecule has 0 aromatic heterocycles. The molecule has 118 heavy (non-hydrogen) atoms. The standard InChI is InChI=1S/C14H9Br3O4.2C14H10Br2O4.C14H11BrO4.C14H12O5.C13H10O6/c1-5-2-8(16)12(17)11(13(5)20)14(21)6-3-9(18)10(19)4-7(6)15;1-6-2-7(9(15)4-11(6)17)14(20)8-3-12(18)13(19)5-10(8)16;1-6-4-8(15)12(16)11(13(6)19)14(20)7-2-3-9(17)10(18)5-7;1-7-4-9(10(15)6-12(7)17)14(19)8-2-3-11(16)13(18)5-8;1-7-4-9(12(17)6-11(7)16)14(19)8-2-3-10(15)13(18)5-8;14-7-2-1-6(5-10(7)17)12(18)11-8(15)3-4-9(16)13(11)19/h2-4,18-20H,1H3;2*2-5,17-19H,1H3;2-6,16-18H,1H3;2-6,15-18H,1H3;1-5,14-17,19H. The highest BCUT2D eigenvalue weighted by atomic mass is 79.9. The van der Waals surface area contributed by atoms with E-state index in [2.05, 4.69) is 127 Å². The van der Waals surface area contributed by atoms with Crippen LogP contribution >= 0.6 is 127 Å². The van der Waals surface area contributed by atoms with Gasteiger partial charge in [-0.25, -0.2) is 0 Å². The second-order valence-corrected chi connectivity index (χ2v) is 31.8. The number of hydrogen-bond acceptors (Lipinski definition) is 27. The van der Waals surface area contributed by atoms with E-state index in [0.29, 0.717) is 74.7 Å². The minimum absolute atomic E-state index is 0.0142. The smallest absolute Gasteiger partial charge is 0.200 e. The summed E-state index contributed by atoms with van der Waals surface area (Å²) in [6.45, 7) is 8.32. The van der Waals surface area contributed by atoms with Crippen molar-refractivity contribution in [3.8, 4) is 121 Å². The number of halogens is 8. The van der Waals surface area contributed by atoms with E-state index < -0.39 is 74.7 Å². The number of phenols is 21. The lowest BCUT2D eigenvalue weighted by Crippen LogP contribution is -2.05. The summed E-state index contributed by atoms with van der Waals surface area (Å²) in [5.74, 6) is -9.72. The Labute approximate surface area is 735 Å². The van der Waals surface area contributed by atoms with Gasteiger partial charge in [0.25, 0.3) is 0 Å². The summed E-state index contributed by atoms with van der Waals surface area (Å²) in [4.78, 5) is 74.1. The summed E-state index contributed by atoms with van der Waals surface area (Å²) in [6, 6.07) is 33.3. The summed E-state index contributed by atoms with van der Waals surface area (Å²) in [6.07, 6.45) is 0. The van der Waals surface area contributed by atoms with E-state index in [4.69, 9.17) is 5.11 Å². The van der Waals surface area contributed by atoms with E-state index >= 15 is 0 Å². The number of hydrogen-bond donors (Lipinski definition) is 21. The van der Waals surface area contributed by atoms with Crippen LogP contribution in [0.25, 0.3) is 0 Å². The molecule has 12 aromatic rings. The van der Waals surface area contributed by atoms with Crippen LogP contribution in [0.1, 0.15) is 123 Å². The second kappa shape index (κ2) is 39.5. The predicted octanol–water partition coefficient (Wildman–Crippen LogP) is 19.0. The maximum absolute atomic E-state index is 12.6. The number of rotatable bonds is 12. The van der Waals surface area contributed by atoms with Crippen LogP contribution in [0.5, 0.6) is 121 Å². The van der Waals surface area contributed by atoms with Crippen molar-refractivity contribution in [3.05, 3.63) is 288 Å². The minimum Gasteiger partial charge on any atom is -0.508 e. The predicted molar refractivity (Wildman–Crippen MR) is 458 cm³/mol. The Balaban J connectivity index is 0.000000196. The number of carbonyl (C=O) groups excluding carboxylic acids is 6. The minimum atomic E-state index is -0.804. The van der Waals surface area contributed by atoms with Crippen molar-refractivity contribution in [3.63, 3.8) is 0 Å². The van der Waals surface area contributed by atoms with Crippen LogP contribution < -0.4 is 0 Å². The average molecular weight is 2130 g/mol. The third-order valence-corrected chi connectivity index (χ3v) is 23.4. The first-order valence-electron chi connectivity index (χ1n) is 33.0. The molecule has 0 aliphatic carbocycles. The lowest BCUT2D eigenvalue weighted by Gasteiger charge is -2.12. The summed E-state index contributed by atoms with van der Waals surface area (Å²) >= 11 is 25.9. The van der Waals surface area contributed by atoms with E-state index in [1.807, 2.05) is 0 Å². The fourth-order valence-electron chi connectivity index (χ4n) is 10.2. The third kappa shape index (κ3) is 21.9. The largest absolute Gasteiger partial charge is 0.508 e. The van der Waals surface area contributed by atoms with E-state index in [1.54, 1.807) is 58.9 Å². The molecule has 0 bridgehead atoms. The molecule has 35 heteroatoms. The number of aromatic hydroxyl groups is 21. The van der Waals surface area contributed by atoms with Crippen molar-refractivity contribution in [1.29, 1.82) is 0 Å². The third-order valence-electron chi connectivity index (χ3n) is 16.8. The Morgan fingerprint density at radius 3 is 0.805 bits per heavy atom. The Morgan fingerprint density at radius 1 is 0.186 bits per heavy atom. The lowest BCUT2D eigenvalue weighted by molar-refractivity contribution is 0.102. The van der Waals surface area contributed by atoms with Crippen molar-refractivity contribution < 1.29 is 136 Å². The topological polar surface area (TPSA) is 527 Å². The van der Waals surface area contributed by atoms with Crippen LogP contribution in [0.2, 0.25) is 0 Å². The zero-order valence-corrected chi connectivity index (χ0v) is 73.6. The van der Waals surface area contributed by atoms with Gasteiger partial charge in [0.2, 0.25) is 5.78 Å². The molecule has 0 aliphatic rings. The molecule has 27 nitrogen and oxygen atoms in total. The van der Waals surface area contributed by atoms with Crippen LogP contribution in [-0.4, -0.2) is 142 Å². The summed E-state index contributed by atoms with van der Waals surface area (Å²) in [7, 11) is 0. The fraction of sp³-hybridized carbons (Fsp3) is 0.0602. The molecule has 0 unspecified atom stereocenters. The van der Waals surface area contributed by atoms with Gasteiger partial charge in [-0.2, -0.15) is 0 Å². The van der Waals surface area contributed by atoms with Gasteiger partial charge in [-0.05, 0) is 342 Å². The van der Waals surface area contributed by atoms with Crippen LogP contribution in [0.15, 0.2) is 194 Å². The first-order valence-corrected chi connectivity index (χ1v) is 39.3. The molecule has 0 heterocycles. The second-order valence-electron chi connectivity index (χ2n) is 25.1. The van der Waals surface area contributed by atoms with Gasteiger partial charge in [-0.15, -0.1) is 0 Å². The molecule has 612 valence electrons. The molecule has 21 N–H and O–H groups in total. The zero-order valence-electron chi connectivity index (χ0n) is 60.9. The molecular formula is C83H62Br8O27. The number of aryl methyl sites for hydroxylation is 5. The lowest BCUT2D eigenvalue weighted by atomic mass is 10.00. The number of carbonyl (C=O) groups is 6. The number of benzene rings is 12. The molecule has 0 amide bonds. The maximum Gasteiger partial charge on any atom is 0.200 e. The molecule has 0 atom stereocenters. The van der Waals surface area contributed by atoms with E-state index in [0.717, 1.165) is 48.5 Å². The highest BCUT2D eigenvalue weighted by Crippen LogP contribution is 2.44. The maximum atomic E-state index is 12.6. The molecule has 0 saturated carbocycles. The van der Waals surface area contributed by atoms with Crippen LogP contribution in [0.3, 0.4) is 0 Å². The van der Waals surface area contributed by atoms with Gasteiger partial charge in [-0.3, -0.25) is 28.8 Å². The van der Waals surface area contributed by atoms with Gasteiger partial charge in [0, 0.05) is 86.4 Å². The molecule has 0 spiro atoms. The average Bonchev–Trinajstić information content (AvgIpc) is 0.791. The van der Waals surface area contributed by atoms with Crippen molar-refractivity contribution >= 4 is 162 Å². The molecule has 0 radical (unpaired) electrons. The Morgan fingerprint density at radius 2 is 0.441 bits per heavy atom. The van der Waals surface area contributed by atoms with Crippen molar-refractivity contribution in [2.75, 3.05) is 0 Å². The molecule has 12 rings (SSSR count). The van der Waals surface area contributed by atoms with Crippen LogP contribution in [-0.2, 0) is 0 Å². The van der Waals surface area contributed by atoms with E-state index in [1.165, 1.54) is 84.9 Å². The fourth-order valence-corrected chi connectivity index (χ4v) is 14.3. The number of ketones is 6. The molecule has 12 aromatic carbocycles. The Bertz CT molecular complexity index is 5820. The van der Waals surface area contributed by atoms with Gasteiger partial charge in [0.15, 0.2) is 109 Å². The van der Waals surface area contributed by atoms with Gasteiger partial charge < -0.3 is 107 Å². The molecule has 0 fully saturated rings. The SMILES string of the molecule is Cc1cc(Br)c(Br)c(C(=O)c2cc(O)c(O)cc2Br)c1O.Cc1cc(Br)c(Br)c(C(=O)c2ccc(O)c(O)c2)c1O.Cc1cc(C(=O)c2cc(O)c(O)cc2Br)c(Br)cc1O.Cc1cc(C(=O)c2ccc(O)c(O)c2)c(Br)cc1O.Cc1cc(C(=O)c2ccc(O)c(O)c2)c(O)cc1O.O=C(c1ccc(O)c(O)c1)c1c(O)ccc(O)c1O. The van der Waals surface area contributed by atoms with Gasteiger partial charge in [0.05, 0.1) is 16.7 Å². The molecule has 0 saturated heterocycles. The quantitative estimate of drug-likeness (QED) is 0.0307. The monoisotopic (exact) mass is 2120 g/mol. The Kier molecular flexibility index (Phi) is 31.3. The summed E-state index contributed by atoms with van der Waals surface area (Å²) < 4.78 is 3.70. The highest BCUT2D eigenvalue weighted by molar-refractivity contribution is 9.13. The first kappa shape index (κ1) is 93.5. The molecule has 0 aliphatic heterocycles. The first-order chi connectivity index (χ1) is 55.1. The normalized spacial score (nSPS) is 10.5. The van der Waals surface area contributed by atoms with Gasteiger partial charge in [0.1, 0.15) is 45.8 Å². The van der Waals surface area contributed by atoms with Crippen molar-refractivity contribution in [2.45, 2.75) is 34.6 Å². The van der Waals surface area contributed by atoms with Crippen molar-refractivity contribution in [2.24, 2.45) is 0 Å². The van der Waals surface area contributed by atoms with E-state index in [9.17, 15) is 131 Å². The van der Waals surface area contributed by atoms with E-state index in [-0.39, 0.29) is 136 Å². The van der Waals surface area contributed by atoms with Crippen molar-refractivity contribution in [1.82, 2.24) is 0 Å². The molecular weight excluding hydrogens is 2070 g/mol. The Hall–Kier alpha value is -11.7. The van der Waals surface area contributed by atoms with Gasteiger partial charge >= 0.3 is 0 Å². The summed E-state index contributed by atoms with van der Waals surface area (Å²) in [5, 5.41) is 199. The van der Waals surface area contributed by atoms with Crippen LogP contribution in [0.4, 0.5) is 0 Å². The highest BCUT2D eigenvalue weighted by Gasteiger charge is 2.28. The zero-order chi connectivity index (χ0) is 88.4. The van der Waals surface area contributed by atoms with Gasteiger partial charge in [-0.1, -0.05) is 0 Å². The summed E-state index contributed by atoms with van der Waals surface area (Å²) in [5.41, 5.74) is 3.92. The van der Waals surface area contributed by atoms with Crippen LogP contribution in [0, 0.1) is 34.6 Å².